The van der Waals surface area contributed by atoms with Gasteiger partial charge in [0.15, 0.2) is 17.7 Å². The number of ether oxygens (including phenoxy) is 1. The lowest BCUT2D eigenvalue weighted by Crippen LogP contribution is -2.33. The van der Waals surface area contributed by atoms with E-state index in [-0.39, 0.29) is 17.0 Å². The first-order valence-electron chi connectivity index (χ1n) is 6.42. The molecule has 0 aliphatic carbocycles. The van der Waals surface area contributed by atoms with Gasteiger partial charge in [-0.1, -0.05) is 0 Å². The first-order valence-corrected chi connectivity index (χ1v) is 8.04. The fourth-order valence-electron chi connectivity index (χ4n) is 2.35. The summed E-state index contributed by atoms with van der Waals surface area (Å²) in [6.45, 7) is -0.522. The van der Waals surface area contributed by atoms with Gasteiger partial charge in [-0.05, 0) is 0 Å². The predicted octanol–water partition coefficient (Wildman–Crippen LogP) is -3.18. The quantitative estimate of drug-likeness (QED) is 0.306. The lowest BCUT2D eigenvalue weighted by Gasteiger charge is -2.16. The van der Waals surface area contributed by atoms with Crippen molar-refractivity contribution in [3.05, 3.63) is 6.33 Å². The van der Waals surface area contributed by atoms with Crippen molar-refractivity contribution in [2.75, 3.05) is 12.3 Å². The molecule has 4 atom stereocenters. The van der Waals surface area contributed by atoms with Crippen molar-refractivity contribution < 1.29 is 34.4 Å². The topological polar surface area (TPSA) is 197 Å². The fourth-order valence-corrected chi connectivity index (χ4v) is 2.82. The third-order valence-electron chi connectivity index (χ3n) is 3.49. The number of nitrogens with two attached hydrogens (primary N) is 1. The number of aliphatic hydroxyl groups excluding tert-OH is 3. The largest absolute Gasteiger partial charge is 0.394 e. The number of imidazole rings is 1. The zero-order valence-corrected chi connectivity index (χ0v) is 12.4. The molecule has 0 aromatic carbocycles. The second-order valence-electron chi connectivity index (χ2n) is 5.01. The molecule has 2 aromatic rings. The van der Waals surface area contributed by atoms with Crippen LogP contribution in [0.1, 0.15) is 6.23 Å². The molecule has 7 N–H and O–H groups in total. The Kier molecular flexibility index (Phi) is 3.84. The average molecular weight is 347 g/mol. The van der Waals surface area contributed by atoms with Crippen molar-refractivity contribution in [1.82, 2.24) is 19.5 Å². The van der Waals surface area contributed by atoms with Crippen LogP contribution < -0.4 is 11.3 Å². The summed E-state index contributed by atoms with van der Waals surface area (Å²) in [5.74, 6) is -0.251. The van der Waals surface area contributed by atoms with E-state index in [1.165, 1.54) is 6.33 Å². The van der Waals surface area contributed by atoms with E-state index in [1.807, 2.05) is 0 Å². The van der Waals surface area contributed by atoms with Gasteiger partial charge in [0.2, 0.25) is 5.57 Å². The molecule has 0 bridgehead atoms. The summed E-state index contributed by atoms with van der Waals surface area (Å²) in [6.07, 6.45) is -3.75. The molecule has 1 fully saturated rings. The molecule has 3 rings (SSSR count). The third kappa shape index (κ3) is 2.60. The molecule has 12 nitrogen and oxygen atoms in total. The van der Waals surface area contributed by atoms with Crippen LogP contribution in [0.3, 0.4) is 0 Å². The van der Waals surface area contributed by atoms with E-state index >= 15 is 0 Å². The highest BCUT2D eigenvalue weighted by Crippen LogP contribution is 2.34. The van der Waals surface area contributed by atoms with Crippen LogP contribution in [0, 0.1) is 0 Å². The molecule has 1 saturated heterocycles. The molecule has 23 heavy (non-hydrogen) atoms. The third-order valence-corrected chi connectivity index (χ3v) is 4.21. The smallest absolute Gasteiger partial charge is 0.393 e. The summed E-state index contributed by atoms with van der Waals surface area (Å²) in [5.41, 5.74) is 4.80. The van der Waals surface area contributed by atoms with E-state index in [2.05, 4.69) is 15.0 Å². The summed E-state index contributed by atoms with van der Waals surface area (Å²) in [5, 5.41) is 28.9. The van der Waals surface area contributed by atoms with Gasteiger partial charge in [0.05, 0.1) is 12.9 Å². The Balaban J connectivity index is 2.12. The van der Waals surface area contributed by atoms with Gasteiger partial charge in [0, 0.05) is 0 Å². The highest BCUT2D eigenvalue weighted by atomic mass is 31.2. The Morgan fingerprint density at radius 3 is 2.57 bits per heavy atom. The van der Waals surface area contributed by atoms with Crippen molar-refractivity contribution in [3.8, 4) is 0 Å². The summed E-state index contributed by atoms with van der Waals surface area (Å²) in [4.78, 5) is 29.5. The molecule has 13 heteroatoms. The Labute approximate surface area is 128 Å². The number of hydrogen-bond donors (Lipinski definition) is 6. The highest BCUT2D eigenvalue weighted by Gasteiger charge is 2.44. The monoisotopic (exact) mass is 347 g/mol. The van der Waals surface area contributed by atoms with Gasteiger partial charge in [-0.2, -0.15) is 0 Å². The first-order chi connectivity index (χ1) is 10.7. The second-order valence-corrected chi connectivity index (χ2v) is 6.49. The lowest BCUT2D eigenvalue weighted by molar-refractivity contribution is -0.0511. The SMILES string of the molecule is Nc1nc(P(=O)(O)O)nc2c1ncn2[C@@H]1O[C@H](CO)[C@@H](O)[C@H]1O. The summed E-state index contributed by atoms with van der Waals surface area (Å²) >= 11 is 0. The number of nitrogen functional groups attached to an aromatic ring is 1. The Morgan fingerprint density at radius 2 is 2.00 bits per heavy atom. The van der Waals surface area contributed by atoms with E-state index < -0.39 is 44.3 Å². The number of rotatable bonds is 3. The maximum atomic E-state index is 11.3. The van der Waals surface area contributed by atoms with Crippen LogP contribution in [0.5, 0.6) is 0 Å². The van der Waals surface area contributed by atoms with E-state index in [1.54, 1.807) is 0 Å². The van der Waals surface area contributed by atoms with Crippen LogP contribution in [-0.4, -0.2) is 69.5 Å². The minimum absolute atomic E-state index is 0.0555. The van der Waals surface area contributed by atoms with Gasteiger partial charge in [0.1, 0.15) is 23.8 Å². The predicted molar refractivity (Wildman–Crippen MR) is 74.4 cm³/mol. The summed E-state index contributed by atoms with van der Waals surface area (Å²) in [7, 11) is -4.76. The van der Waals surface area contributed by atoms with E-state index in [0.717, 1.165) is 4.57 Å². The molecule has 1 aliphatic heterocycles. The highest BCUT2D eigenvalue weighted by molar-refractivity contribution is 7.59. The molecule has 0 unspecified atom stereocenters. The Morgan fingerprint density at radius 1 is 1.30 bits per heavy atom. The van der Waals surface area contributed by atoms with Gasteiger partial charge in [-0.15, -0.1) is 0 Å². The number of fused-ring (bicyclic) bond motifs is 1. The van der Waals surface area contributed by atoms with Gasteiger partial charge in [-0.3, -0.25) is 9.13 Å². The number of aromatic nitrogens is 4. The molecular weight excluding hydrogens is 333 g/mol. The molecular formula is C10H14N5O7P. The first kappa shape index (κ1) is 16.2. The number of nitrogens with zero attached hydrogens (tertiary/aromatic N) is 4. The summed E-state index contributed by atoms with van der Waals surface area (Å²) < 4.78 is 17.8. The number of anilines is 1. The number of hydrogen-bond acceptors (Lipinski definition) is 9. The zero-order chi connectivity index (χ0) is 16.9. The average Bonchev–Trinajstić information content (AvgIpc) is 3.01. The minimum atomic E-state index is -4.76. The fraction of sp³-hybridized carbons (Fsp3) is 0.500. The van der Waals surface area contributed by atoms with Crippen LogP contribution in [-0.2, 0) is 9.30 Å². The lowest BCUT2D eigenvalue weighted by atomic mass is 10.1. The normalized spacial score (nSPS) is 28.6. The van der Waals surface area contributed by atoms with Crippen LogP contribution in [0.2, 0.25) is 0 Å². The molecule has 0 spiro atoms. The van der Waals surface area contributed by atoms with E-state index in [0.29, 0.717) is 0 Å². The van der Waals surface area contributed by atoms with Crippen LogP contribution >= 0.6 is 7.60 Å². The molecule has 0 saturated carbocycles. The second kappa shape index (κ2) is 5.46. The van der Waals surface area contributed by atoms with E-state index in [9.17, 15) is 24.6 Å². The van der Waals surface area contributed by atoms with Crippen molar-refractivity contribution in [1.29, 1.82) is 0 Å². The molecule has 1 aliphatic rings. The molecule has 2 aromatic heterocycles. The van der Waals surface area contributed by atoms with Gasteiger partial charge in [0.25, 0.3) is 0 Å². The zero-order valence-electron chi connectivity index (χ0n) is 11.5. The van der Waals surface area contributed by atoms with E-state index in [4.69, 9.17) is 15.6 Å². The Bertz CT molecular complexity index is 791. The maximum absolute atomic E-state index is 11.3. The minimum Gasteiger partial charge on any atom is -0.394 e. The molecule has 0 amide bonds. The van der Waals surface area contributed by atoms with Gasteiger partial charge >= 0.3 is 7.60 Å². The number of aliphatic hydroxyl groups is 3. The van der Waals surface area contributed by atoms with Crippen LogP contribution in [0.15, 0.2) is 6.33 Å². The van der Waals surface area contributed by atoms with Crippen molar-refractivity contribution >= 4 is 30.1 Å². The van der Waals surface area contributed by atoms with Crippen molar-refractivity contribution in [2.24, 2.45) is 0 Å². The summed E-state index contributed by atoms with van der Waals surface area (Å²) in [6, 6.07) is 0. The molecule has 0 radical (unpaired) electrons. The van der Waals surface area contributed by atoms with Gasteiger partial charge in [-0.25, -0.2) is 15.0 Å². The molecule has 3 heterocycles. The van der Waals surface area contributed by atoms with Gasteiger partial charge < -0.3 is 35.6 Å². The Hall–Kier alpha value is -1.66. The van der Waals surface area contributed by atoms with Crippen LogP contribution in [0.25, 0.3) is 11.2 Å². The van der Waals surface area contributed by atoms with Crippen molar-refractivity contribution in [2.45, 2.75) is 24.5 Å². The molecule has 126 valence electrons. The standard InChI is InChI=1S/C10H14N5O7P/c11-7-4-8(14-10(13-7)23(19,20)21)15(2-12-4)9-6(18)5(17)3(1-16)22-9/h2-3,5-6,9,16-18H,1H2,(H2,11,13,14)(H2,19,20,21)/t3-,5-,6-,9-/m1/s1. The van der Waals surface area contributed by atoms with Crippen molar-refractivity contribution in [3.63, 3.8) is 0 Å². The van der Waals surface area contributed by atoms with Crippen LogP contribution in [0.4, 0.5) is 5.82 Å². The maximum Gasteiger partial charge on any atom is 0.393 e.